The van der Waals surface area contributed by atoms with Crippen LogP contribution in [0.5, 0.6) is 5.75 Å². The predicted molar refractivity (Wildman–Crippen MR) is 113 cm³/mol. The number of aromatic nitrogens is 4. The fourth-order valence-electron chi connectivity index (χ4n) is 2.94. The predicted octanol–water partition coefficient (Wildman–Crippen LogP) is 3.16. The summed E-state index contributed by atoms with van der Waals surface area (Å²) >= 11 is 0. The molecule has 0 saturated heterocycles. The summed E-state index contributed by atoms with van der Waals surface area (Å²) in [6.45, 7) is 0. The van der Waals surface area contributed by atoms with Crippen LogP contribution in [-0.2, 0) is 10.0 Å². The number of aromatic hydroxyl groups is 1. The Morgan fingerprint density at radius 2 is 1.67 bits per heavy atom. The number of H-pyrrole nitrogens is 1. The minimum absolute atomic E-state index is 0.0888. The zero-order valence-corrected chi connectivity index (χ0v) is 17.1. The summed E-state index contributed by atoms with van der Waals surface area (Å²) < 4.78 is 25.6. The van der Waals surface area contributed by atoms with Gasteiger partial charge < -0.3 is 10.1 Å². The summed E-state index contributed by atoms with van der Waals surface area (Å²) in [5.74, 6) is 0.663. The van der Waals surface area contributed by atoms with E-state index in [1.54, 1.807) is 48.9 Å². The van der Waals surface area contributed by atoms with Gasteiger partial charge in [0.15, 0.2) is 5.82 Å². The largest absolute Gasteiger partial charge is 0.506 e. The average Bonchev–Trinajstić information content (AvgIpc) is 3.24. The second-order valence-corrected chi connectivity index (χ2v) is 8.97. The number of sulfonamides is 1. The van der Waals surface area contributed by atoms with Gasteiger partial charge in [0.1, 0.15) is 11.4 Å². The number of nitrogens with one attached hydrogen (secondary N) is 1. The summed E-state index contributed by atoms with van der Waals surface area (Å²) in [4.78, 5) is 16.2. The highest BCUT2D eigenvalue weighted by Crippen LogP contribution is 2.27. The molecular formula is C21H19N5O3S. The van der Waals surface area contributed by atoms with Crippen molar-refractivity contribution in [3.63, 3.8) is 0 Å². The number of pyridine rings is 2. The van der Waals surface area contributed by atoms with E-state index in [0.717, 1.165) is 22.4 Å². The van der Waals surface area contributed by atoms with Crippen molar-refractivity contribution in [3.05, 3.63) is 67.3 Å². The van der Waals surface area contributed by atoms with Crippen molar-refractivity contribution < 1.29 is 13.5 Å². The zero-order chi connectivity index (χ0) is 21.3. The third kappa shape index (κ3) is 3.80. The molecule has 0 unspecified atom stereocenters. The minimum atomic E-state index is -3.47. The highest BCUT2D eigenvalue weighted by atomic mass is 32.2. The van der Waals surface area contributed by atoms with Crippen LogP contribution in [0.15, 0.2) is 72.1 Å². The maximum absolute atomic E-state index is 12.2. The molecule has 0 radical (unpaired) electrons. The molecule has 0 atom stereocenters. The smallest absolute Gasteiger partial charge is 0.242 e. The van der Waals surface area contributed by atoms with Gasteiger partial charge in [-0.2, -0.15) is 0 Å². The number of hydrogen-bond donors (Lipinski definition) is 2. The Kier molecular flexibility index (Phi) is 5.06. The first kappa shape index (κ1) is 19.7. The van der Waals surface area contributed by atoms with Crippen LogP contribution in [0.1, 0.15) is 0 Å². The molecule has 9 heteroatoms. The highest BCUT2D eigenvalue weighted by molar-refractivity contribution is 7.89. The monoisotopic (exact) mass is 421 g/mol. The van der Waals surface area contributed by atoms with E-state index in [4.69, 9.17) is 0 Å². The number of imidazole rings is 1. The third-order valence-electron chi connectivity index (χ3n) is 4.58. The van der Waals surface area contributed by atoms with Crippen molar-refractivity contribution in [3.8, 4) is 39.7 Å². The van der Waals surface area contributed by atoms with E-state index < -0.39 is 10.0 Å². The van der Waals surface area contributed by atoms with Gasteiger partial charge in [-0.15, -0.1) is 0 Å². The van der Waals surface area contributed by atoms with E-state index in [1.807, 2.05) is 12.1 Å². The summed E-state index contributed by atoms with van der Waals surface area (Å²) in [5, 5.41) is 9.65. The maximum atomic E-state index is 12.2. The lowest BCUT2D eigenvalue weighted by molar-refractivity contribution is 0.473. The molecule has 4 rings (SSSR count). The van der Waals surface area contributed by atoms with Crippen molar-refractivity contribution in [1.29, 1.82) is 0 Å². The Morgan fingerprint density at radius 3 is 2.37 bits per heavy atom. The van der Waals surface area contributed by atoms with Crippen molar-refractivity contribution >= 4 is 10.0 Å². The van der Waals surface area contributed by atoms with Crippen LogP contribution in [0.4, 0.5) is 0 Å². The Balaban J connectivity index is 1.63. The number of aromatic amines is 1. The first-order valence-corrected chi connectivity index (χ1v) is 10.5. The van der Waals surface area contributed by atoms with Crippen LogP contribution in [-0.4, -0.2) is 51.9 Å². The second-order valence-electron chi connectivity index (χ2n) is 6.82. The summed E-state index contributed by atoms with van der Waals surface area (Å²) in [6, 6.07) is 11.9. The number of rotatable bonds is 5. The fraction of sp³-hybridized carbons (Fsp3) is 0.0952. The Morgan fingerprint density at radius 1 is 0.900 bits per heavy atom. The molecule has 3 heterocycles. The highest BCUT2D eigenvalue weighted by Gasteiger charge is 2.17. The van der Waals surface area contributed by atoms with Gasteiger partial charge in [-0.05, 0) is 41.5 Å². The van der Waals surface area contributed by atoms with Crippen molar-refractivity contribution in [2.24, 2.45) is 0 Å². The normalized spacial score (nSPS) is 11.7. The molecule has 8 nitrogen and oxygen atoms in total. The van der Waals surface area contributed by atoms with Crippen LogP contribution in [0.25, 0.3) is 33.9 Å². The van der Waals surface area contributed by atoms with Gasteiger partial charge in [-0.3, -0.25) is 9.97 Å². The molecule has 0 saturated carbocycles. The number of benzene rings is 1. The van der Waals surface area contributed by atoms with Crippen LogP contribution < -0.4 is 0 Å². The van der Waals surface area contributed by atoms with Gasteiger partial charge in [0, 0.05) is 32.1 Å². The van der Waals surface area contributed by atoms with Crippen LogP contribution in [0.2, 0.25) is 0 Å². The SMILES string of the molecule is CN(C)S(=O)(=O)c1ccc(-c2cnc(-c3cc(-c4cncc(O)c4)ccn3)[nH]2)cc1. The maximum Gasteiger partial charge on any atom is 0.242 e. The molecule has 4 aromatic rings. The van der Waals surface area contributed by atoms with E-state index in [1.165, 1.54) is 24.6 Å². The second kappa shape index (κ2) is 7.69. The first-order chi connectivity index (χ1) is 14.3. The van der Waals surface area contributed by atoms with E-state index >= 15 is 0 Å². The van der Waals surface area contributed by atoms with Gasteiger partial charge in [0.2, 0.25) is 10.0 Å². The third-order valence-corrected chi connectivity index (χ3v) is 6.41. The van der Waals surface area contributed by atoms with Gasteiger partial charge in [0.25, 0.3) is 0 Å². The quantitative estimate of drug-likeness (QED) is 0.512. The molecule has 0 aliphatic rings. The van der Waals surface area contributed by atoms with Gasteiger partial charge in [-0.25, -0.2) is 17.7 Å². The van der Waals surface area contributed by atoms with E-state index in [-0.39, 0.29) is 10.6 Å². The van der Waals surface area contributed by atoms with Gasteiger partial charge >= 0.3 is 0 Å². The van der Waals surface area contributed by atoms with Crippen LogP contribution >= 0.6 is 0 Å². The van der Waals surface area contributed by atoms with Crippen molar-refractivity contribution in [1.82, 2.24) is 24.2 Å². The fourth-order valence-corrected chi connectivity index (χ4v) is 3.84. The van der Waals surface area contributed by atoms with E-state index in [2.05, 4.69) is 19.9 Å². The molecule has 152 valence electrons. The molecule has 30 heavy (non-hydrogen) atoms. The number of hydrogen-bond acceptors (Lipinski definition) is 6. The summed E-state index contributed by atoms with van der Waals surface area (Å²) in [5.41, 5.74) is 3.79. The molecule has 0 aliphatic heterocycles. The zero-order valence-electron chi connectivity index (χ0n) is 16.3. The van der Waals surface area contributed by atoms with Crippen LogP contribution in [0, 0.1) is 0 Å². The van der Waals surface area contributed by atoms with Crippen molar-refractivity contribution in [2.75, 3.05) is 14.1 Å². The Labute approximate surface area is 174 Å². The lowest BCUT2D eigenvalue weighted by atomic mass is 10.1. The lowest BCUT2D eigenvalue weighted by Crippen LogP contribution is -2.22. The van der Waals surface area contributed by atoms with E-state index in [9.17, 15) is 13.5 Å². The van der Waals surface area contributed by atoms with Gasteiger partial charge in [-0.1, -0.05) is 12.1 Å². The molecule has 0 aliphatic carbocycles. The molecule has 1 aromatic carbocycles. The standard InChI is InChI=1S/C21H19N5O3S/c1-26(2)30(28,29)18-5-3-14(4-6-18)20-13-24-21(25-20)19-10-15(7-8-23-19)16-9-17(27)12-22-11-16/h3-13,27H,1-2H3,(H,24,25). The Bertz CT molecular complexity index is 1300. The first-order valence-electron chi connectivity index (χ1n) is 9.03. The molecule has 0 bridgehead atoms. The molecule has 0 fully saturated rings. The van der Waals surface area contributed by atoms with Crippen LogP contribution in [0.3, 0.4) is 0 Å². The topological polar surface area (TPSA) is 112 Å². The van der Waals surface area contributed by atoms with Gasteiger partial charge in [0.05, 0.1) is 23.0 Å². The minimum Gasteiger partial charge on any atom is -0.506 e. The number of nitrogens with zero attached hydrogens (tertiary/aromatic N) is 4. The van der Waals surface area contributed by atoms with Crippen molar-refractivity contribution in [2.45, 2.75) is 4.90 Å². The molecule has 0 spiro atoms. The molecule has 2 N–H and O–H groups in total. The molecule has 0 amide bonds. The summed E-state index contributed by atoms with van der Waals surface area (Å²) in [6.07, 6.45) is 6.38. The Hall–Kier alpha value is -3.56. The molecular weight excluding hydrogens is 402 g/mol. The molecule has 3 aromatic heterocycles. The lowest BCUT2D eigenvalue weighted by Gasteiger charge is -2.11. The average molecular weight is 421 g/mol. The summed E-state index contributed by atoms with van der Waals surface area (Å²) in [7, 11) is -0.476. The van der Waals surface area contributed by atoms with E-state index in [0.29, 0.717) is 11.5 Å².